The first kappa shape index (κ1) is 18.2. The average molecular weight is 356 g/mol. The van der Waals surface area contributed by atoms with Crippen LogP contribution < -0.4 is 5.32 Å². The molecule has 2 aromatic carbocycles. The van der Waals surface area contributed by atoms with Crippen molar-refractivity contribution in [3.8, 4) is 17.3 Å². The maximum Gasteiger partial charge on any atom is 0.262 e. The van der Waals surface area contributed by atoms with Crippen LogP contribution in [-0.2, 0) is 4.79 Å². The van der Waals surface area contributed by atoms with Crippen LogP contribution in [-0.4, -0.2) is 16.1 Å². The molecule has 27 heavy (non-hydrogen) atoms. The van der Waals surface area contributed by atoms with Crippen molar-refractivity contribution in [2.24, 2.45) is 0 Å². The molecule has 1 amide bonds. The molecule has 3 aromatic rings. The van der Waals surface area contributed by atoms with Gasteiger partial charge < -0.3 is 5.32 Å². The number of aryl methyl sites for hydroxylation is 1. The van der Waals surface area contributed by atoms with Crippen LogP contribution in [0.25, 0.3) is 17.3 Å². The number of nitrogens with one attached hydrogen (secondary N) is 2. The topological polar surface area (TPSA) is 81.6 Å². The van der Waals surface area contributed by atoms with E-state index in [0.29, 0.717) is 5.56 Å². The number of rotatable bonds is 5. The van der Waals surface area contributed by atoms with Crippen LogP contribution in [0.15, 0.2) is 66.4 Å². The van der Waals surface area contributed by atoms with Crippen LogP contribution in [0.4, 0.5) is 0 Å². The number of carbonyl (C=O) groups excluding carboxylic acids is 1. The maximum absolute atomic E-state index is 12.5. The predicted octanol–water partition coefficient (Wildman–Crippen LogP) is 4.17. The number of benzene rings is 2. The van der Waals surface area contributed by atoms with E-state index in [1.807, 2.05) is 74.5 Å². The standard InChI is InChI=1S/C22H20N4O/c1-15-8-10-18(11-9-15)21-20(14-24-26-21)12-19(13-23)22(27)25-16(2)17-6-4-3-5-7-17/h3-12,14,16H,1-2H3,(H,24,26)(H,25,27)/b19-12-. The molecule has 0 spiro atoms. The summed E-state index contributed by atoms with van der Waals surface area (Å²) in [5.74, 6) is -0.412. The predicted molar refractivity (Wildman–Crippen MR) is 105 cm³/mol. The van der Waals surface area contributed by atoms with Gasteiger partial charge in [0.1, 0.15) is 11.6 Å². The molecule has 0 bridgehead atoms. The average Bonchev–Trinajstić information content (AvgIpc) is 3.15. The van der Waals surface area contributed by atoms with Crippen molar-refractivity contribution in [2.45, 2.75) is 19.9 Å². The number of nitriles is 1. The number of hydrogen-bond donors (Lipinski definition) is 2. The Morgan fingerprint density at radius 3 is 2.56 bits per heavy atom. The first-order valence-electron chi connectivity index (χ1n) is 8.66. The smallest absolute Gasteiger partial charge is 0.262 e. The Labute approximate surface area is 158 Å². The highest BCUT2D eigenvalue weighted by Crippen LogP contribution is 2.23. The quantitative estimate of drug-likeness (QED) is 0.532. The molecule has 0 saturated carbocycles. The first-order chi connectivity index (χ1) is 13.1. The molecule has 3 rings (SSSR count). The Hall–Kier alpha value is -3.65. The fourth-order valence-electron chi connectivity index (χ4n) is 2.76. The summed E-state index contributed by atoms with van der Waals surface area (Å²) in [6.45, 7) is 3.90. The molecular weight excluding hydrogens is 336 g/mol. The fourth-order valence-corrected chi connectivity index (χ4v) is 2.76. The van der Waals surface area contributed by atoms with Gasteiger partial charge in [-0.25, -0.2) is 0 Å². The van der Waals surface area contributed by atoms with Crippen LogP contribution in [0.2, 0.25) is 0 Å². The van der Waals surface area contributed by atoms with Gasteiger partial charge in [0.15, 0.2) is 0 Å². The van der Waals surface area contributed by atoms with E-state index < -0.39 is 5.91 Å². The zero-order chi connectivity index (χ0) is 19.2. The van der Waals surface area contributed by atoms with Gasteiger partial charge in [0, 0.05) is 11.1 Å². The van der Waals surface area contributed by atoms with Crippen LogP contribution in [0.1, 0.15) is 29.7 Å². The molecule has 1 aromatic heterocycles. The van der Waals surface area contributed by atoms with E-state index in [1.54, 1.807) is 12.3 Å². The Balaban J connectivity index is 1.83. The molecule has 0 aliphatic rings. The summed E-state index contributed by atoms with van der Waals surface area (Å²) < 4.78 is 0. The molecule has 2 N–H and O–H groups in total. The van der Waals surface area contributed by atoms with E-state index in [9.17, 15) is 10.1 Å². The summed E-state index contributed by atoms with van der Waals surface area (Å²) in [6, 6.07) is 19.4. The van der Waals surface area contributed by atoms with Crippen molar-refractivity contribution in [1.29, 1.82) is 5.26 Å². The summed E-state index contributed by atoms with van der Waals surface area (Å²) in [6.07, 6.45) is 3.17. The van der Waals surface area contributed by atoms with Crippen molar-refractivity contribution in [3.63, 3.8) is 0 Å². The normalized spacial score (nSPS) is 12.3. The number of carbonyl (C=O) groups is 1. The molecule has 0 saturated heterocycles. The summed E-state index contributed by atoms with van der Waals surface area (Å²) in [7, 11) is 0. The van der Waals surface area contributed by atoms with E-state index in [2.05, 4.69) is 15.5 Å². The number of hydrogen-bond acceptors (Lipinski definition) is 3. The van der Waals surface area contributed by atoms with Crippen molar-refractivity contribution < 1.29 is 4.79 Å². The molecule has 134 valence electrons. The number of nitrogens with zero attached hydrogens (tertiary/aromatic N) is 2. The van der Waals surface area contributed by atoms with Gasteiger partial charge in [0.05, 0.1) is 17.9 Å². The van der Waals surface area contributed by atoms with Gasteiger partial charge >= 0.3 is 0 Å². The van der Waals surface area contributed by atoms with Crippen molar-refractivity contribution in [2.75, 3.05) is 0 Å². The van der Waals surface area contributed by atoms with Crippen LogP contribution >= 0.6 is 0 Å². The molecule has 0 aliphatic carbocycles. The van der Waals surface area contributed by atoms with Gasteiger partial charge in [-0.1, -0.05) is 60.2 Å². The lowest BCUT2D eigenvalue weighted by Gasteiger charge is -2.13. The second kappa shape index (κ2) is 8.15. The summed E-state index contributed by atoms with van der Waals surface area (Å²) in [4.78, 5) is 12.5. The highest BCUT2D eigenvalue weighted by Gasteiger charge is 2.15. The molecule has 0 fully saturated rings. The molecule has 5 nitrogen and oxygen atoms in total. The Bertz CT molecular complexity index is 995. The Morgan fingerprint density at radius 1 is 1.19 bits per heavy atom. The summed E-state index contributed by atoms with van der Waals surface area (Å²) >= 11 is 0. The van der Waals surface area contributed by atoms with Gasteiger partial charge in [-0.3, -0.25) is 9.89 Å². The molecule has 1 heterocycles. The summed E-state index contributed by atoms with van der Waals surface area (Å²) in [5, 5.41) is 19.3. The van der Waals surface area contributed by atoms with Gasteiger partial charge in [-0.15, -0.1) is 0 Å². The SMILES string of the molecule is Cc1ccc(-c2[nH]ncc2/C=C(/C#N)C(=O)NC(C)c2ccccc2)cc1. The lowest BCUT2D eigenvalue weighted by atomic mass is 10.0. The largest absolute Gasteiger partial charge is 0.345 e. The Morgan fingerprint density at radius 2 is 1.89 bits per heavy atom. The highest BCUT2D eigenvalue weighted by molar-refractivity contribution is 6.02. The van der Waals surface area contributed by atoms with Crippen molar-refractivity contribution in [3.05, 3.63) is 83.1 Å². The minimum Gasteiger partial charge on any atom is -0.345 e. The number of aromatic amines is 1. The van der Waals surface area contributed by atoms with Crippen molar-refractivity contribution >= 4 is 12.0 Å². The van der Waals surface area contributed by atoms with E-state index >= 15 is 0 Å². The van der Waals surface area contributed by atoms with Crippen LogP contribution in [0, 0.1) is 18.3 Å². The van der Waals surface area contributed by atoms with Crippen molar-refractivity contribution in [1.82, 2.24) is 15.5 Å². The van der Waals surface area contributed by atoms with E-state index in [-0.39, 0.29) is 11.6 Å². The molecule has 1 atom stereocenters. The first-order valence-corrected chi connectivity index (χ1v) is 8.66. The molecule has 0 aliphatic heterocycles. The fraction of sp³-hybridized carbons (Fsp3) is 0.136. The second-order valence-electron chi connectivity index (χ2n) is 6.34. The summed E-state index contributed by atoms with van der Waals surface area (Å²) in [5.41, 5.74) is 4.57. The zero-order valence-electron chi connectivity index (χ0n) is 15.2. The van der Waals surface area contributed by atoms with Gasteiger partial charge in [-0.05, 0) is 25.5 Å². The molecular formula is C22H20N4O. The lowest BCUT2D eigenvalue weighted by molar-refractivity contribution is -0.117. The van der Waals surface area contributed by atoms with Crippen LogP contribution in [0.5, 0.6) is 0 Å². The van der Waals surface area contributed by atoms with E-state index in [1.165, 1.54) is 0 Å². The third-order valence-electron chi connectivity index (χ3n) is 4.32. The third kappa shape index (κ3) is 4.31. The lowest BCUT2D eigenvalue weighted by Crippen LogP contribution is -2.27. The van der Waals surface area contributed by atoms with E-state index in [4.69, 9.17) is 0 Å². The molecule has 5 heteroatoms. The van der Waals surface area contributed by atoms with E-state index in [0.717, 1.165) is 22.4 Å². The molecule has 0 radical (unpaired) electrons. The zero-order valence-corrected chi connectivity index (χ0v) is 15.2. The number of amides is 1. The monoisotopic (exact) mass is 356 g/mol. The highest BCUT2D eigenvalue weighted by atomic mass is 16.1. The number of H-pyrrole nitrogens is 1. The van der Waals surface area contributed by atoms with Crippen LogP contribution in [0.3, 0.4) is 0 Å². The third-order valence-corrected chi connectivity index (χ3v) is 4.32. The number of aromatic nitrogens is 2. The minimum absolute atomic E-state index is 0.0348. The molecule has 1 unspecified atom stereocenters. The van der Waals surface area contributed by atoms with Gasteiger partial charge in [-0.2, -0.15) is 10.4 Å². The van der Waals surface area contributed by atoms with Gasteiger partial charge in [0.25, 0.3) is 5.91 Å². The second-order valence-corrected chi connectivity index (χ2v) is 6.34. The minimum atomic E-state index is -0.412. The maximum atomic E-state index is 12.5. The Kier molecular flexibility index (Phi) is 5.48. The van der Waals surface area contributed by atoms with Gasteiger partial charge in [0.2, 0.25) is 0 Å².